The van der Waals surface area contributed by atoms with Crippen LogP contribution in [0.25, 0.3) is 0 Å². The second kappa shape index (κ2) is 10.4. The van der Waals surface area contributed by atoms with E-state index < -0.39 is 6.10 Å². The Labute approximate surface area is 160 Å². The lowest BCUT2D eigenvalue weighted by molar-refractivity contribution is -0.127. The number of hydrogen-bond donors (Lipinski definition) is 1. The van der Waals surface area contributed by atoms with Crippen LogP contribution in [0.4, 0.5) is 0 Å². The topological polar surface area (TPSA) is 64.6 Å². The molecule has 1 N–H and O–H groups in total. The molecular formula is C22H27NO4. The van der Waals surface area contributed by atoms with Crippen LogP contribution < -0.4 is 14.8 Å². The molecule has 0 aliphatic heterocycles. The highest BCUT2D eigenvalue weighted by molar-refractivity contribution is 5.81. The molecule has 5 nitrogen and oxygen atoms in total. The molecule has 0 saturated carbocycles. The lowest BCUT2D eigenvalue weighted by atomic mass is 9.96. The average molecular weight is 369 g/mol. The van der Waals surface area contributed by atoms with E-state index in [1.165, 1.54) is 5.56 Å². The summed E-state index contributed by atoms with van der Waals surface area (Å²) in [6, 6.07) is 15.0. The number of amides is 1. The van der Waals surface area contributed by atoms with Crippen molar-refractivity contribution >= 4 is 12.2 Å². The molecule has 2 aromatic rings. The second-order valence-electron chi connectivity index (χ2n) is 6.28. The molecule has 1 amide bonds. The van der Waals surface area contributed by atoms with Gasteiger partial charge in [-0.25, -0.2) is 0 Å². The second-order valence-corrected chi connectivity index (χ2v) is 6.28. The molecule has 27 heavy (non-hydrogen) atoms. The highest BCUT2D eigenvalue weighted by atomic mass is 16.5. The molecule has 0 spiro atoms. The van der Waals surface area contributed by atoms with Crippen LogP contribution >= 0.6 is 0 Å². The maximum absolute atomic E-state index is 12.5. The minimum atomic E-state index is -0.681. The number of ether oxygens (including phenoxy) is 2. The van der Waals surface area contributed by atoms with Crippen molar-refractivity contribution in [3.63, 3.8) is 0 Å². The number of rotatable bonds is 10. The molecule has 0 radical (unpaired) electrons. The van der Waals surface area contributed by atoms with Crippen molar-refractivity contribution in [1.29, 1.82) is 0 Å². The van der Waals surface area contributed by atoms with Gasteiger partial charge in [0.2, 0.25) is 0 Å². The normalized spacial score (nSPS) is 12.7. The summed E-state index contributed by atoms with van der Waals surface area (Å²) in [7, 11) is 0. The third-order valence-corrected chi connectivity index (χ3v) is 4.36. The van der Waals surface area contributed by atoms with Crippen molar-refractivity contribution in [2.75, 3.05) is 13.2 Å². The van der Waals surface area contributed by atoms with E-state index in [0.717, 1.165) is 12.7 Å². The van der Waals surface area contributed by atoms with E-state index in [1.54, 1.807) is 25.1 Å². The first-order valence-corrected chi connectivity index (χ1v) is 9.30. The van der Waals surface area contributed by atoms with Crippen LogP contribution in [-0.2, 0) is 4.79 Å². The summed E-state index contributed by atoms with van der Waals surface area (Å²) in [5.41, 5.74) is 1.70. The molecule has 5 heteroatoms. The summed E-state index contributed by atoms with van der Waals surface area (Å²) in [5, 5.41) is 2.97. The van der Waals surface area contributed by atoms with Gasteiger partial charge in [0.15, 0.2) is 17.6 Å². The van der Waals surface area contributed by atoms with E-state index in [-0.39, 0.29) is 11.8 Å². The van der Waals surface area contributed by atoms with Crippen LogP contribution in [0.3, 0.4) is 0 Å². The van der Waals surface area contributed by atoms with E-state index in [9.17, 15) is 9.59 Å². The third kappa shape index (κ3) is 5.84. The summed E-state index contributed by atoms with van der Waals surface area (Å²) in [5.74, 6) is 0.970. The monoisotopic (exact) mass is 369 g/mol. The molecule has 0 unspecified atom stereocenters. The summed E-state index contributed by atoms with van der Waals surface area (Å²) >= 11 is 0. The fourth-order valence-electron chi connectivity index (χ4n) is 2.80. The highest BCUT2D eigenvalue weighted by Gasteiger charge is 2.19. The minimum Gasteiger partial charge on any atom is -0.490 e. The van der Waals surface area contributed by atoms with Crippen LogP contribution in [0, 0.1) is 0 Å². The van der Waals surface area contributed by atoms with Crippen molar-refractivity contribution < 1.29 is 19.1 Å². The van der Waals surface area contributed by atoms with Crippen molar-refractivity contribution in [3.05, 3.63) is 59.7 Å². The number of benzene rings is 2. The first-order chi connectivity index (χ1) is 13.1. The number of aldehydes is 1. The Morgan fingerprint density at radius 3 is 2.48 bits per heavy atom. The predicted molar refractivity (Wildman–Crippen MR) is 106 cm³/mol. The van der Waals surface area contributed by atoms with Gasteiger partial charge in [0.05, 0.1) is 6.61 Å². The maximum atomic E-state index is 12.5. The third-order valence-electron chi connectivity index (χ3n) is 4.36. The Hall–Kier alpha value is -2.82. The first kappa shape index (κ1) is 20.5. The number of carbonyl (C=O) groups is 2. The van der Waals surface area contributed by atoms with Gasteiger partial charge in [-0.1, -0.05) is 37.3 Å². The Kier molecular flexibility index (Phi) is 7.86. The first-order valence-electron chi connectivity index (χ1n) is 9.30. The Morgan fingerprint density at radius 2 is 1.85 bits per heavy atom. The molecule has 0 fully saturated rings. The van der Waals surface area contributed by atoms with Gasteiger partial charge in [0, 0.05) is 18.0 Å². The van der Waals surface area contributed by atoms with Gasteiger partial charge in [-0.3, -0.25) is 9.59 Å². The van der Waals surface area contributed by atoms with Crippen molar-refractivity contribution in [1.82, 2.24) is 5.32 Å². The SMILES string of the molecule is CCOc1cc(C=O)ccc1O[C@H](C)C(=O)NC[C@@H](CC)c1ccccc1. The van der Waals surface area contributed by atoms with E-state index >= 15 is 0 Å². The van der Waals surface area contributed by atoms with Crippen LogP contribution in [0.5, 0.6) is 11.5 Å². The van der Waals surface area contributed by atoms with Gasteiger partial charge in [-0.05, 0) is 44.0 Å². The van der Waals surface area contributed by atoms with Gasteiger partial charge in [0.25, 0.3) is 5.91 Å². The standard InChI is InChI=1S/C22H27NO4/c1-4-18(19-9-7-6-8-10-19)14-23-22(25)16(3)27-20-12-11-17(15-24)13-21(20)26-5-2/h6-13,15-16,18H,4-5,14H2,1-3H3,(H,23,25)/t16-,18-/m1/s1. The molecule has 0 aliphatic rings. The zero-order chi connectivity index (χ0) is 19.6. The molecular weight excluding hydrogens is 342 g/mol. The summed E-state index contributed by atoms with van der Waals surface area (Å²) in [6.45, 7) is 6.64. The molecule has 0 aliphatic carbocycles. The predicted octanol–water partition coefficient (Wildman–Crippen LogP) is 3.98. The molecule has 0 saturated heterocycles. The molecule has 0 heterocycles. The summed E-state index contributed by atoms with van der Waals surface area (Å²) in [6.07, 6.45) is 0.998. The van der Waals surface area contributed by atoms with Crippen LogP contribution in [0.15, 0.2) is 48.5 Å². The van der Waals surface area contributed by atoms with E-state index in [1.807, 2.05) is 25.1 Å². The summed E-state index contributed by atoms with van der Waals surface area (Å²) in [4.78, 5) is 23.4. The van der Waals surface area contributed by atoms with Gasteiger partial charge in [-0.15, -0.1) is 0 Å². The minimum absolute atomic E-state index is 0.189. The van der Waals surface area contributed by atoms with Gasteiger partial charge >= 0.3 is 0 Å². The molecule has 144 valence electrons. The zero-order valence-corrected chi connectivity index (χ0v) is 16.1. The van der Waals surface area contributed by atoms with Crippen LogP contribution in [0.2, 0.25) is 0 Å². The van der Waals surface area contributed by atoms with E-state index in [2.05, 4.69) is 24.4 Å². The van der Waals surface area contributed by atoms with Crippen molar-refractivity contribution in [2.24, 2.45) is 0 Å². The zero-order valence-electron chi connectivity index (χ0n) is 16.1. The van der Waals surface area contributed by atoms with Crippen LogP contribution in [-0.4, -0.2) is 31.4 Å². The Balaban J connectivity index is 1.98. The van der Waals surface area contributed by atoms with Gasteiger partial charge in [0.1, 0.15) is 6.29 Å². The van der Waals surface area contributed by atoms with Crippen LogP contribution in [0.1, 0.15) is 49.0 Å². The van der Waals surface area contributed by atoms with Crippen molar-refractivity contribution in [3.8, 4) is 11.5 Å². The average Bonchev–Trinajstić information content (AvgIpc) is 2.70. The Morgan fingerprint density at radius 1 is 1.11 bits per heavy atom. The summed E-state index contributed by atoms with van der Waals surface area (Å²) < 4.78 is 11.3. The maximum Gasteiger partial charge on any atom is 0.260 e. The smallest absolute Gasteiger partial charge is 0.260 e. The Bertz CT molecular complexity index is 745. The van der Waals surface area contributed by atoms with Gasteiger partial charge < -0.3 is 14.8 Å². The number of hydrogen-bond acceptors (Lipinski definition) is 4. The molecule has 0 aromatic heterocycles. The highest BCUT2D eigenvalue weighted by Crippen LogP contribution is 2.29. The van der Waals surface area contributed by atoms with Crippen molar-refractivity contribution in [2.45, 2.75) is 39.2 Å². The lowest BCUT2D eigenvalue weighted by Crippen LogP contribution is -2.38. The lowest BCUT2D eigenvalue weighted by Gasteiger charge is -2.20. The molecule has 2 atom stereocenters. The quantitative estimate of drug-likeness (QED) is 0.644. The molecule has 2 rings (SSSR count). The fraction of sp³-hybridized carbons (Fsp3) is 0.364. The molecule has 0 bridgehead atoms. The number of carbonyl (C=O) groups excluding carboxylic acids is 2. The van der Waals surface area contributed by atoms with E-state index in [4.69, 9.17) is 9.47 Å². The fourth-order valence-corrected chi connectivity index (χ4v) is 2.80. The van der Waals surface area contributed by atoms with Gasteiger partial charge in [-0.2, -0.15) is 0 Å². The molecule has 2 aromatic carbocycles. The van der Waals surface area contributed by atoms with E-state index in [0.29, 0.717) is 30.2 Å². The number of nitrogens with one attached hydrogen (secondary N) is 1. The largest absolute Gasteiger partial charge is 0.490 e.